The fraction of sp³-hybridized carbons (Fsp3) is 0.143. The minimum Gasteiger partial charge on any atom is -0.497 e. The van der Waals surface area contributed by atoms with Crippen molar-refractivity contribution in [3.05, 3.63) is 129 Å². The van der Waals surface area contributed by atoms with Crippen LogP contribution in [0.4, 0.5) is 5.13 Å². The summed E-state index contributed by atoms with van der Waals surface area (Å²) in [5.41, 5.74) is 6.68. The highest BCUT2D eigenvalue weighted by Crippen LogP contribution is 2.44. The van der Waals surface area contributed by atoms with Crippen molar-refractivity contribution in [2.45, 2.75) is 12.5 Å². The van der Waals surface area contributed by atoms with Crippen LogP contribution in [0.15, 0.2) is 97.1 Å². The van der Waals surface area contributed by atoms with Crippen LogP contribution in [0.5, 0.6) is 11.5 Å². The summed E-state index contributed by atoms with van der Waals surface area (Å²) in [5, 5.41) is 2.64. The quantitative estimate of drug-likeness (QED) is 0.185. The average Bonchev–Trinajstić information content (AvgIpc) is 3.66. The Balaban J connectivity index is 1.38. The van der Waals surface area contributed by atoms with Crippen molar-refractivity contribution in [3.8, 4) is 22.8 Å². The molecule has 3 heterocycles. The van der Waals surface area contributed by atoms with Crippen LogP contribution in [0.1, 0.15) is 38.1 Å². The summed E-state index contributed by atoms with van der Waals surface area (Å²) in [7, 11) is 3.29. The van der Waals surface area contributed by atoms with Crippen LogP contribution >= 0.6 is 22.9 Å². The fourth-order valence-corrected chi connectivity index (χ4v) is 7.13. The molecule has 0 spiro atoms. The number of ketones is 1. The van der Waals surface area contributed by atoms with E-state index in [1.165, 1.54) is 16.9 Å². The van der Waals surface area contributed by atoms with Crippen LogP contribution in [-0.4, -0.2) is 36.5 Å². The Morgan fingerprint density at radius 2 is 1.63 bits per heavy atom. The van der Waals surface area contributed by atoms with E-state index in [-0.39, 0.29) is 11.8 Å². The van der Waals surface area contributed by atoms with Crippen molar-refractivity contribution in [2.75, 3.05) is 25.7 Å². The van der Waals surface area contributed by atoms with E-state index in [9.17, 15) is 4.79 Å². The van der Waals surface area contributed by atoms with E-state index < -0.39 is 0 Å². The molecule has 43 heavy (non-hydrogen) atoms. The van der Waals surface area contributed by atoms with Gasteiger partial charge in [0, 0.05) is 39.3 Å². The van der Waals surface area contributed by atoms with E-state index >= 15 is 0 Å². The zero-order valence-electron chi connectivity index (χ0n) is 23.6. The lowest BCUT2D eigenvalue weighted by Gasteiger charge is -2.36. The van der Waals surface area contributed by atoms with Crippen LogP contribution in [0.25, 0.3) is 22.2 Å². The van der Waals surface area contributed by atoms with Gasteiger partial charge in [-0.25, -0.2) is 4.98 Å². The molecule has 6 aromatic rings. The number of fused-ring (bicyclic) bond motifs is 3. The van der Waals surface area contributed by atoms with Crippen LogP contribution < -0.4 is 14.4 Å². The number of benzene rings is 4. The maximum Gasteiger partial charge on any atom is 0.205 e. The maximum absolute atomic E-state index is 14.0. The predicted molar refractivity (Wildman–Crippen MR) is 173 cm³/mol. The molecule has 0 aliphatic carbocycles. The molecule has 0 saturated carbocycles. The Labute approximate surface area is 258 Å². The van der Waals surface area contributed by atoms with Gasteiger partial charge in [0.15, 0.2) is 5.13 Å². The van der Waals surface area contributed by atoms with Gasteiger partial charge in [0.25, 0.3) is 0 Å². The smallest absolute Gasteiger partial charge is 0.205 e. The summed E-state index contributed by atoms with van der Waals surface area (Å²) >= 11 is 7.86. The van der Waals surface area contributed by atoms with Crippen molar-refractivity contribution in [2.24, 2.45) is 0 Å². The number of methoxy groups -OCH3 is 2. The predicted octanol–water partition coefficient (Wildman–Crippen LogP) is 8.35. The molecule has 0 radical (unpaired) electrons. The van der Waals surface area contributed by atoms with Crippen molar-refractivity contribution in [1.29, 1.82) is 0 Å². The Morgan fingerprint density at radius 3 is 2.33 bits per heavy atom. The van der Waals surface area contributed by atoms with Gasteiger partial charge in [-0.3, -0.25) is 4.79 Å². The van der Waals surface area contributed by atoms with Crippen molar-refractivity contribution in [3.63, 3.8) is 0 Å². The van der Waals surface area contributed by atoms with Crippen LogP contribution in [0, 0.1) is 0 Å². The van der Waals surface area contributed by atoms with Crippen molar-refractivity contribution in [1.82, 2.24) is 9.97 Å². The molecule has 1 aliphatic rings. The summed E-state index contributed by atoms with van der Waals surface area (Å²) in [6.45, 7) is 0.723. The molecule has 0 amide bonds. The van der Waals surface area contributed by atoms with Crippen molar-refractivity contribution >= 4 is 44.8 Å². The number of thiazole rings is 1. The van der Waals surface area contributed by atoms with Gasteiger partial charge in [-0.05, 0) is 72.1 Å². The number of nitrogens with zero attached hydrogens (tertiary/aromatic N) is 2. The molecule has 0 saturated heterocycles. The van der Waals surface area contributed by atoms with E-state index in [0.29, 0.717) is 26.9 Å². The summed E-state index contributed by atoms with van der Waals surface area (Å²) in [5.74, 6) is 1.43. The highest BCUT2D eigenvalue weighted by Gasteiger charge is 2.35. The van der Waals surface area contributed by atoms with E-state index in [4.69, 9.17) is 26.1 Å². The second-order valence-electron chi connectivity index (χ2n) is 10.4. The molecule has 1 N–H and O–H groups in total. The topological polar surface area (TPSA) is 67.5 Å². The Hall–Kier alpha value is -4.59. The fourth-order valence-electron chi connectivity index (χ4n) is 5.85. The molecule has 1 unspecified atom stereocenters. The molecule has 0 bridgehead atoms. The third kappa shape index (κ3) is 4.94. The number of carbonyl (C=O) groups excluding carboxylic acids is 1. The number of ether oxygens (including phenoxy) is 2. The van der Waals surface area contributed by atoms with Gasteiger partial charge in [0.1, 0.15) is 16.4 Å². The van der Waals surface area contributed by atoms with E-state index in [1.54, 1.807) is 26.4 Å². The molecule has 8 heteroatoms. The van der Waals surface area contributed by atoms with Gasteiger partial charge in [0.05, 0.1) is 26.0 Å². The van der Waals surface area contributed by atoms with Gasteiger partial charge < -0.3 is 19.4 Å². The summed E-state index contributed by atoms with van der Waals surface area (Å²) in [4.78, 5) is 25.8. The first-order valence-corrected chi connectivity index (χ1v) is 15.2. The van der Waals surface area contributed by atoms with Gasteiger partial charge in [-0.15, -0.1) is 0 Å². The summed E-state index contributed by atoms with van der Waals surface area (Å²) in [6.07, 6.45) is 0.810. The monoisotopic (exact) mass is 605 g/mol. The number of hydrogen-bond donors (Lipinski definition) is 1. The number of hydrogen-bond acceptors (Lipinski definition) is 6. The van der Waals surface area contributed by atoms with Crippen LogP contribution in [-0.2, 0) is 6.42 Å². The van der Waals surface area contributed by atoms with Gasteiger partial charge >= 0.3 is 0 Å². The van der Waals surface area contributed by atoms with Crippen molar-refractivity contribution < 1.29 is 14.3 Å². The Morgan fingerprint density at radius 1 is 0.930 bits per heavy atom. The lowest BCUT2D eigenvalue weighted by Crippen LogP contribution is -2.36. The van der Waals surface area contributed by atoms with E-state index in [0.717, 1.165) is 51.6 Å². The number of anilines is 1. The third-order valence-corrected chi connectivity index (χ3v) is 9.31. The number of aromatic amines is 1. The standard InChI is InChI=1S/C35H28ClN3O3S/c1-41-25-13-8-22(9-14-25)32-31-27(28-20-24(36)12-17-29(28)37-31)18-19-39(32)35-38-30(21-6-4-3-5-7-21)34(43-35)33(40)23-10-15-26(42-2)16-11-23/h3-17,20,32,37H,18-19H2,1-2H3. The number of H-pyrrole nitrogens is 1. The highest BCUT2D eigenvalue weighted by atomic mass is 35.5. The van der Waals surface area contributed by atoms with Crippen LogP contribution in [0.3, 0.4) is 0 Å². The second-order valence-corrected chi connectivity index (χ2v) is 11.8. The molecule has 0 fully saturated rings. The molecular formula is C35H28ClN3O3S. The SMILES string of the molecule is COc1ccc(C(=O)c2sc(N3CCc4c([nH]c5ccc(Cl)cc45)C3c3ccc(OC)cc3)nc2-c2ccccc2)cc1. The molecule has 7 rings (SSSR count). The first-order valence-electron chi connectivity index (χ1n) is 14.0. The normalized spacial score (nSPS) is 14.5. The van der Waals surface area contributed by atoms with E-state index in [2.05, 4.69) is 22.0 Å². The second kappa shape index (κ2) is 11.2. The molecule has 2 aromatic heterocycles. The van der Waals surface area contributed by atoms with E-state index in [1.807, 2.05) is 72.8 Å². The van der Waals surface area contributed by atoms with Gasteiger partial charge in [-0.1, -0.05) is 65.4 Å². The number of halogens is 1. The lowest BCUT2D eigenvalue weighted by molar-refractivity contribution is 0.104. The average molecular weight is 606 g/mol. The lowest BCUT2D eigenvalue weighted by atomic mass is 9.92. The molecule has 1 atom stereocenters. The summed E-state index contributed by atoms with van der Waals surface area (Å²) in [6, 6.07) is 31.1. The maximum atomic E-state index is 14.0. The first-order chi connectivity index (χ1) is 21.0. The number of carbonyl (C=O) groups is 1. The minimum absolute atomic E-state index is 0.0655. The Kier molecular flexibility index (Phi) is 7.13. The number of nitrogens with one attached hydrogen (secondary N) is 1. The van der Waals surface area contributed by atoms with Gasteiger partial charge in [-0.2, -0.15) is 0 Å². The summed E-state index contributed by atoms with van der Waals surface area (Å²) < 4.78 is 10.8. The third-order valence-electron chi connectivity index (χ3n) is 7.99. The number of aromatic nitrogens is 2. The molecular weight excluding hydrogens is 578 g/mol. The largest absolute Gasteiger partial charge is 0.497 e. The molecule has 4 aromatic carbocycles. The van der Waals surface area contributed by atoms with Gasteiger partial charge in [0.2, 0.25) is 5.78 Å². The number of rotatable bonds is 7. The van der Waals surface area contributed by atoms with Crippen LogP contribution in [0.2, 0.25) is 5.02 Å². The molecule has 6 nitrogen and oxygen atoms in total. The highest BCUT2D eigenvalue weighted by molar-refractivity contribution is 7.18. The minimum atomic E-state index is -0.153. The first kappa shape index (κ1) is 27.3. The Bertz CT molecular complexity index is 1930. The zero-order valence-corrected chi connectivity index (χ0v) is 25.2. The zero-order chi connectivity index (χ0) is 29.5. The molecule has 1 aliphatic heterocycles. The molecule has 214 valence electrons.